The zero-order chi connectivity index (χ0) is 22.9. The Bertz CT molecular complexity index is 809. The van der Waals surface area contributed by atoms with Crippen LogP contribution in [0.1, 0.15) is 44.6 Å². The summed E-state index contributed by atoms with van der Waals surface area (Å²) in [5.41, 5.74) is 1.96. The summed E-state index contributed by atoms with van der Waals surface area (Å²) in [6.45, 7) is 6.88. The Kier molecular flexibility index (Phi) is 9.23. The number of carbonyl (C=O) groups excluding carboxylic acids is 1. The van der Waals surface area contributed by atoms with Crippen molar-refractivity contribution in [3.8, 4) is 5.75 Å². The molecule has 0 saturated carbocycles. The van der Waals surface area contributed by atoms with Gasteiger partial charge in [0.1, 0.15) is 24.9 Å². The normalized spacial score (nSPS) is 25.1. The number of carbonyl (C=O) groups is 1. The molecule has 174 valence electrons. The fourth-order valence-electron chi connectivity index (χ4n) is 4.15. The van der Waals surface area contributed by atoms with Crippen molar-refractivity contribution in [2.75, 3.05) is 13.9 Å². The van der Waals surface area contributed by atoms with Gasteiger partial charge in [-0.25, -0.2) is 0 Å². The maximum Gasteiger partial charge on any atom is 0.185 e. The van der Waals surface area contributed by atoms with Gasteiger partial charge in [0.05, 0.1) is 25.9 Å². The lowest BCUT2D eigenvalue weighted by molar-refractivity contribution is -0.279. The molecule has 1 fully saturated rings. The van der Waals surface area contributed by atoms with Gasteiger partial charge in [-0.15, -0.1) is 0 Å². The quantitative estimate of drug-likeness (QED) is 0.280. The lowest BCUT2D eigenvalue weighted by Crippen LogP contribution is -2.48. The summed E-state index contributed by atoms with van der Waals surface area (Å²) in [5.74, 6) is 0.701. The zero-order valence-electron chi connectivity index (χ0n) is 19.3. The van der Waals surface area contributed by atoms with Crippen molar-refractivity contribution in [3.05, 3.63) is 65.7 Å². The molecular weight excluding hydrogens is 408 g/mol. The van der Waals surface area contributed by atoms with Crippen molar-refractivity contribution in [3.63, 3.8) is 0 Å². The van der Waals surface area contributed by atoms with Crippen molar-refractivity contribution < 1.29 is 28.5 Å². The third-order valence-electron chi connectivity index (χ3n) is 6.10. The minimum atomic E-state index is -0.619. The van der Waals surface area contributed by atoms with Gasteiger partial charge in [0, 0.05) is 17.4 Å². The van der Waals surface area contributed by atoms with E-state index in [0.717, 1.165) is 29.6 Å². The molecule has 6 heteroatoms. The van der Waals surface area contributed by atoms with Crippen LogP contribution < -0.4 is 4.74 Å². The molecule has 0 spiro atoms. The van der Waals surface area contributed by atoms with Gasteiger partial charge in [0.25, 0.3) is 0 Å². The van der Waals surface area contributed by atoms with Crippen molar-refractivity contribution in [1.29, 1.82) is 0 Å². The Morgan fingerprint density at radius 1 is 1.06 bits per heavy atom. The van der Waals surface area contributed by atoms with Gasteiger partial charge in [0.2, 0.25) is 0 Å². The van der Waals surface area contributed by atoms with E-state index >= 15 is 0 Å². The standard InChI is InChI=1S/C26H34O6/c1-5-23(30-17-29-16-20-9-7-6-8-10-20)18(2)25-19(3)24(15-27)31-26(32-25)21-11-13-22(28-4)14-12-21/h6-15,18-19,23-26H,5,16-17H2,1-4H3/t18-,19-,23+,24+,25-,26+/m0/s1. The Hall–Kier alpha value is -2.25. The number of ether oxygens (including phenoxy) is 5. The van der Waals surface area contributed by atoms with E-state index in [1.54, 1.807) is 7.11 Å². The first-order valence-corrected chi connectivity index (χ1v) is 11.2. The van der Waals surface area contributed by atoms with Crippen molar-refractivity contribution in [2.45, 2.75) is 58.4 Å². The van der Waals surface area contributed by atoms with Gasteiger partial charge < -0.3 is 28.5 Å². The minimum absolute atomic E-state index is 0.0439. The van der Waals surface area contributed by atoms with Crippen LogP contribution in [-0.2, 0) is 30.3 Å². The summed E-state index contributed by atoms with van der Waals surface area (Å²) in [4.78, 5) is 11.7. The Balaban J connectivity index is 1.62. The van der Waals surface area contributed by atoms with Crippen LogP contribution >= 0.6 is 0 Å². The minimum Gasteiger partial charge on any atom is -0.497 e. The summed E-state index contributed by atoms with van der Waals surface area (Å²) in [6.07, 6.45) is 0.239. The molecule has 0 aliphatic carbocycles. The van der Waals surface area contributed by atoms with E-state index in [0.29, 0.717) is 6.61 Å². The lowest BCUT2D eigenvalue weighted by atomic mass is 9.84. The average molecular weight is 443 g/mol. The molecule has 0 amide bonds. The summed E-state index contributed by atoms with van der Waals surface area (Å²) in [5, 5.41) is 0. The summed E-state index contributed by atoms with van der Waals surface area (Å²) >= 11 is 0. The van der Waals surface area contributed by atoms with Gasteiger partial charge in [0.15, 0.2) is 6.29 Å². The van der Waals surface area contributed by atoms with Gasteiger partial charge in [-0.1, -0.05) is 63.2 Å². The van der Waals surface area contributed by atoms with Crippen molar-refractivity contribution >= 4 is 6.29 Å². The first-order chi connectivity index (χ1) is 15.6. The second-order valence-electron chi connectivity index (χ2n) is 8.23. The Labute approximate surface area is 190 Å². The Morgan fingerprint density at radius 3 is 2.41 bits per heavy atom. The fraction of sp³-hybridized carbons (Fsp3) is 0.500. The highest BCUT2D eigenvalue weighted by Gasteiger charge is 2.42. The fourth-order valence-corrected chi connectivity index (χ4v) is 4.15. The number of methoxy groups -OCH3 is 1. The first-order valence-electron chi connectivity index (χ1n) is 11.2. The molecule has 32 heavy (non-hydrogen) atoms. The van der Waals surface area contributed by atoms with E-state index in [4.69, 9.17) is 23.7 Å². The van der Waals surface area contributed by atoms with E-state index in [1.807, 2.05) is 61.5 Å². The third-order valence-corrected chi connectivity index (χ3v) is 6.10. The van der Waals surface area contributed by atoms with Crippen LogP contribution in [0.4, 0.5) is 0 Å². The van der Waals surface area contributed by atoms with E-state index in [9.17, 15) is 4.79 Å². The van der Waals surface area contributed by atoms with Gasteiger partial charge in [-0.05, 0) is 24.1 Å². The molecular formula is C26H34O6. The highest BCUT2D eigenvalue weighted by molar-refractivity contribution is 5.57. The van der Waals surface area contributed by atoms with Crippen LogP contribution in [0.25, 0.3) is 0 Å². The molecule has 0 aromatic heterocycles. The molecule has 2 aromatic rings. The van der Waals surface area contributed by atoms with E-state index in [2.05, 4.69) is 13.8 Å². The van der Waals surface area contributed by atoms with Crippen LogP contribution in [0.2, 0.25) is 0 Å². The molecule has 1 heterocycles. The maximum absolute atomic E-state index is 11.7. The molecule has 6 nitrogen and oxygen atoms in total. The number of benzene rings is 2. The summed E-state index contributed by atoms with van der Waals surface area (Å²) in [6, 6.07) is 17.5. The number of hydrogen-bond donors (Lipinski definition) is 0. The van der Waals surface area contributed by atoms with Gasteiger partial charge in [-0.2, -0.15) is 0 Å². The predicted molar refractivity (Wildman–Crippen MR) is 121 cm³/mol. The molecule has 0 N–H and O–H groups in total. The zero-order valence-corrected chi connectivity index (χ0v) is 19.3. The second-order valence-corrected chi connectivity index (χ2v) is 8.23. The smallest absolute Gasteiger partial charge is 0.185 e. The highest BCUT2D eigenvalue weighted by Crippen LogP contribution is 2.38. The molecule has 0 radical (unpaired) electrons. The van der Waals surface area contributed by atoms with Gasteiger partial charge >= 0.3 is 0 Å². The van der Waals surface area contributed by atoms with Crippen LogP contribution in [-0.4, -0.2) is 38.5 Å². The molecule has 1 saturated heterocycles. The van der Waals surface area contributed by atoms with Crippen LogP contribution in [0.5, 0.6) is 5.75 Å². The molecule has 6 atom stereocenters. The molecule has 1 aliphatic heterocycles. The van der Waals surface area contributed by atoms with E-state index in [1.165, 1.54) is 0 Å². The first kappa shape index (κ1) is 24.4. The number of rotatable bonds is 11. The SMILES string of the molecule is CC[C@@H](OCOCc1ccccc1)[C@H](C)[C@@H]1O[C@H](c2ccc(OC)cc2)O[C@H](C=O)[C@@H]1C. The topological polar surface area (TPSA) is 63.2 Å². The molecule has 2 aromatic carbocycles. The summed E-state index contributed by atoms with van der Waals surface area (Å²) in [7, 11) is 1.62. The van der Waals surface area contributed by atoms with Crippen LogP contribution in [0.15, 0.2) is 54.6 Å². The largest absolute Gasteiger partial charge is 0.497 e. The van der Waals surface area contributed by atoms with Crippen molar-refractivity contribution in [1.82, 2.24) is 0 Å². The molecule has 0 bridgehead atoms. The van der Waals surface area contributed by atoms with Crippen molar-refractivity contribution in [2.24, 2.45) is 11.8 Å². The predicted octanol–water partition coefficient (Wildman–Crippen LogP) is 4.92. The highest BCUT2D eigenvalue weighted by atomic mass is 16.7. The summed E-state index contributed by atoms with van der Waals surface area (Å²) < 4.78 is 29.3. The van der Waals surface area contributed by atoms with E-state index < -0.39 is 12.4 Å². The second kappa shape index (κ2) is 12.1. The monoisotopic (exact) mass is 442 g/mol. The number of aldehydes is 1. The molecule has 0 unspecified atom stereocenters. The third kappa shape index (κ3) is 6.17. The lowest BCUT2D eigenvalue weighted by Gasteiger charge is -2.43. The van der Waals surface area contributed by atoms with Crippen LogP contribution in [0, 0.1) is 11.8 Å². The Morgan fingerprint density at radius 2 is 1.78 bits per heavy atom. The molecule has 1 aliphatic rings. The van der Waals surface area contributed by atoms with E-state index in [-0.39, 0.29) is 30.8 Å². The molecule has 3 rings (SSSR count). The van der Waals surface area contributed by atoms with Crippen LogP contribution in [0.3, 0.4) is 0 Å². The maximum atomic E-state index is 11.7. The number of hydrogen-bond acceptors (Lipinski definition) is 6. The average Bonchev–Trinajstić information content (AvgIpc) is 2.84. The van der Waals surface area contributed by atoms with Gasteiger partial charge in [-0.3, -0.25) is 0 Å².